The monoisotopic (exact) mass is 453 g/mol. The van der Waals surface area contributed by atoms with Crippen LogP contribution >= 0.6 is 23.8 Å². The summed E-state index contributed by atoms with van der Waals surface area (Å²) in [4.78, 5) is 29.4. The summed E-state index contributed by atoms with van der Waals surface area (Å²) in [5.74, 6) is -0.679. The molecule has 0 bridgehead atoms. The fourth-order valence-corrected chi connectivity index (χ4v) is 4.83. The molecule has 7 heteroatoms. The van der Waals surface area contributed by atoms with Gasteiger partial charge in [0.2, 0.25) is 0 Å². The standard InChI is InChI=1S/C24H24ClN3O2S/c1-14-13-24(2,3)27(4)20-12-19(25)15(10-17(14)20)11-18-21(29)26-23(31)28(22(18)30)16-8-6-5-7-9-16/h5-12,14H,13H2,1-4H3,(H,26,29,31)/b18-11+. The summed E-state index contributed by atoms with van der Waals surface area (Å²) in [6.45, 7) is 6.61. The van der Waals surface area contributed by atoms with Crippen LogP contribution in [0.4, 0.5) is 11.4 Å². The van der Waals surface area contributed by atoms with Gasteiger partial charge in [-0.1, -0.05) is 36.7 Å². The third-order valence-electron chi connectivity index (χ3n) is 6.17. The number of hydrogen-bond acceptors (Lipinski definition) is 4. The highest BCUT2D eigenvalue weighted by molar-refractivity contribution is 7.80. The summed E-state index contributed by atoms with van der Waals surface area (Å²) < 4.78 is 0. The number of carbonyl (C=O) groups is 2. The van der Waals surface area contributed by atoms with Crippen LogP contribution in [0.5, 0.6) is 0 Å². The molecule has 0 saturated carbocycles. The van der Waals surface area contributed by atoms with Crippen molar-refractivity contribution in [2.24, 2.45) is 0 Å². The molecule has 1 saturated heterocycles. The first-order valence-electron chi connectivity index (χ1n) is 10.1. The van der Waals surface area contributed by atoms with Gasteiger partial charge in [-0.05, 0) is 79.9 Å². The molecular formula is C24H24ClN3O2S. The molecule has 160 valence electrons. The van der Waals surface area contributed by atoms with Crippen LogP contribution in [0.25, 0.3) is 6.08 Å². The molecule has 1 N–H and O–H groups in total. The van der Waals surface area contributed by atoms with E-state index in [0.29, 0.717) is 22.2 Å². The number of hydrogen-bond donors (Lipinski definition) is 1. The highest BCUT2D eigenvalue weighted by Gasteiger charge is 2.36. The summed E-state index contributed by atoms with van der Waals surface area (Å²) in [5, 5.41) is 3.17. The lowest BCUT2D eigenvalue weighted by molar-refractivity contribution is -0.122. The van der Waals surface area contributed by atoms with Crippen molar-refractivity contribution in [1.29, 1.82) is 0 Å². The van der Waals surface area contributed by atoms with Gasteiger partial charge in [-0.2, -0.15) is 0 Å². The predicted octanol–water partition coefficient (Wildman–Crippen LogP) is 4.89. The number of halogens is 1. The molecule has 1 unspecified atom stereocenters. The van der Waals surface area contributed by atoms with E-state index < -0.39 is 11.8 Å². The van der Waals surface area contributed by atoms with Gasteiger partial charge in [-0.15, -0.1) is 0 Å². The van der Waals surface area contributed by atoms with Crippen molar-refractivity contribution in [3.05, 3.63) is 64.2 Å². The van der Waals surface area contributed by atoms with Crippen LogP contribution in [0.2, 0.25) is 5.02 Å². The number of anilines is 2. The Kier molecular flexibility index (Phi) is 5.40. The molecule has 1 atom stereocenters. The average Bonchev–Trinajstić information content (AvgIpc) is 2.70. The summed E-state index contributed by atoms with van der Waals surface area (Å²) in [5.41, 5.74) is 3.47. The lowest BCUT2D eigenvalue weighted by Crippen LogP contribution is -2.54. The van der Waals surface area contributed by atoms with E-state index in [1.807, 2.05) is 30.3 Å². The molecule has 2 amide bonds. The number of rotatable bonds is 2. The Morgan fingerprint density at radius 1 is 1.19 bits per heavy atom. The van der Waals surface area contributed by atoms with Crippen molar-refractivity contribution in [3.8, 4) is 0 Å². The molecule has 2 aliphatic rings. The maximum atomic E-state index is 13.2. The van der Waals surface area contributed by atoms with Gasteiger partial charge in [0.25, 0.3) is 11.8 Å². The van der Waals surface area contributed by atoms with E-state index in [2.05, 4.69) is 38.0 Å². The van der Waals surface area contributed by atoms with Crippen LogP contribution in [0, 0.1) is 0 Å². The van der Waals surface area contributed by atoms with E-state index in [4.69, 9.17) is 23.8 Å². The van der Waals surface area contributed by atoms with Crippen LogP contribution < -0.4 is 15.1 Å². The summed E-state index contributed by atoms with van der Waals surface area (Å²) in [7, 11) is 2.07. The van der Waals surface area contributed by atoms with E-state index in [9.17, 15) is 9.59 Å². The second-order valence-corrected chi connectivity index (χ2v) is 9.50. The first-order valence-corrected chi connectivity index (χ1v) is 10.9. The molecule has 2 heterocycles. The molecule has 1 fully saturated rings. The van der Waals surface area contributed by atoms with Gasteiger partial charge in [-0.25, -0.2) is 0 Å². The number of thiocarbonyl (C=S) groups is 1. The van der Waals surface area contributed by atoms with Gasteiger partial charge in [0.15, 0.2) is 5.11 Å². The zero-order valence-corrected chi connectivity index (χ0v) is 19.5. The molecule has 0 radical (unpaired) electrons. The Hall–Kier alpha value is -2.70. The Balaban J connectivity index is 1.78. The molecular weight excluding hydrogens is 430 g/mol. The number of fused-ring (bicyclic) bond motifs is 1. The molecule has 0 aliphatic carbocycles. The van der Waals surface area contributed by atoms with Crippen LogP contribution in [-0.2, 0) is 9.59 Å². The van der Waals surface area contributed by atoms with Crippen molar-refractivity contribution >= 4 is 58.2 Å². The highest BCUT2D eigenvalue weighted by atomic mass is 35.5. The van der Waals surface area contributed by atoms with E-state index in [1.165, 1.54) is 4.90 Å². The Morgan fingerprint density at radius 3 is 2.55 bits per heavy atom. The second kappa shape index (κ2) is 7.77. The Bertz CT molecular complexity index is 1130. The molecule has 2 aliphatic heterocycles. The van der Waals surface area contributed by atoms with E-state index in [-0.39, 0.29) is 16.2 Å². The fraction of sp³-hybridized carbons (Fsp3) is 0.292. The number of nitrogens with one attached hydrogen (secondary N) is 1. The van der Waals surface area contributed by atoms with Gasteiger partial charge in [0.05, 0.1) is 5.69 Å². The smallest absolute Gasteiger partial charge is 0.270 e. The van der Waals surface area contributed by atoms with E-state index in [0.717, 1.165) is 17.7 Å². The maximum absolute atomic E-state index is 13.2. The summed E-state index contributed by atoms with van der Waals surface area (Å²) >= 11 is 11.9. The molecule has 2 aromatic rings. The molecule has 5 nitrogen and oxygen atoms in total. The first kappa shape index (κ1) is 21.5. The minimum absolute atomic E-state index is 0.00329. The lowest BCUT2D eigenvalue weighted by atomic mass is 9.80. The fourth-order valence-electron chi connectivity index (χ4n) is 4.34. The Labute approximate surface area is 192 Å². The second-order valence-electron chi connectivity index (χ2n) is 8.70. The zero-order valence-electron chi connectivity index (χ0n) is 17.9. The maximum Gasteiger partial charge on any atom is 0.270 e. The minimum atomic E-state index is -0.526. The van der Waals surface area contributed by atoms with Crippen molar-refractivity contribution in [2.45, 2.75) is 38.6 Å². The Morgan fingerprint density at radius 2 is 1.87 bits per heavy atom. The number of carbonyl (C=O) groups excluding carboxylic acids is 2. The SMILES string of the molecule is CC1CC(C)(C)N(C)c2cc(Cl)c(/C=C3\C(=O)NC(=S)N(c4ccccc4)C3=O)cc21. The number of para-hydroxylation sites is 1. The van der Waals surface area contributed by atoms with Gasteiger partial charge in [0, 0.05) is 23.3 Å². The van der Waals surface area contributed by atoms with Gasteiger partial charge >= 0.3 is 0 Å². The van der Waals surface area contributed by atoms with Crippen molar-refractivity contribution in [2.75, 3.05) is 16.8 Å². The van der Waals surface area contributed by atoms with Gasteiger partial charge in [-0.3, -0.25) is 19.8 Å². The highest BCUT2D eigenvalue weighted by Crippen LogP contribution is 2.44. The normalized spacial score (nSPS) is 21.9. The largest absolute Gasteiger partial charge is 0.369 e. The molecule has 4 rings (SSSR count). The summed E-state index contributed by atoms with van der Waals surface area (Å²) in [6, 6.07) is 12.9. The first-order chi connectivity index (χ1) is 14.6. The van der Waals surface area contributed by atoms with Crippen molar-refractivity contribution < 1.29 is 9.59 Å². The molecule has 2 aromatic carbocycles. The van der Waals surface area contributed by atoms with E-state index in [1.54, 1.807) is 18.2 Å². The lowest BCUT2D eigenvalue weighted by Gasteiger charge is -2.45. The molecule has 0 aromatic heterocycles. The number of nitrogens with zero attached hydrogens (tertiary/aromatic N) is 2. The van der Waals surface area contributed by atoms with Crippen LogP contribution in [-0.4, -0.2) is 29.5 Å². The van der Waals surface area contributed by atoms with Crippen molar-refractivity contribution in [1.82, 2.24) is 5.32 Å². The third-order valence-corrected chi connectivity index (χ3v) is 6.78. The third kappa shape index (κ3) is 3.75. The summed E-state index contributed by atoms with van der Waals surface area (Å²) in [6.07, 6.45) is 2.55. The van der Waals surface area contributed by atoms with E-state index >= 15 is 0 Å². The number of amides is 2. The average molecular weight is 454 g/mol. The van der Waals surface area contributed by atoms with Crippen molar-refractivity contribution in [3.63, 3.8) is 0 Å². The zero-order chi connectivity index (χ0) is 22.5. The predicted molar refractivity (Wildman–Crippen MR) is 130 cm³/mol. The molecule has 0 spiro atoms. The number of benzene rings is 2. The quantitative estimate of drug-likeness (QED) is 0.399. The van der Waals surface area contributed by atoms with Gasteiger partial charge < -0.3 is 4.90 Å². The van der Waals surface area contributed by atoms with Crippen LogP contribution in [0.3, 0.4) is 0 Å². The topological polar surface area (TPSA) is 52.7 Å². The minimum Gasteiger partial charge on any atom is -0.369 e. The molecule has 31 heavy (non-hydrogen) atoms. The van der Waals surface area contributed by atoms with Crippen LogP contribution in [0.1, 0.15) is 44.2 Å². The van der Waals surface area contributed by atoms with Gasteiger partial charge in [0.1, 0.15) is 5.57 Å². The van der Waals surface area contributed by atoms with Crippen LogP contribution in [0.15, 0.2) is 48.0 Å².